The molecule has 0 spiro atoms. The Morgan fingerprint density at radius 3 is 2.51 bits per heavy atom. The van der Waals surface area contributed by atoms with Crippen LogP contribution in [0.2, 0.25) is 10.0 Å². The molecule has 1 atom stereocenters. The van der Waals surface area contributed by atoms with Crippen molar-refractivity contribution in [3.63, 3.8) is 0 Å². The number of hydrogen-bond acceptors (Lipinski definition) is 5. The topological polar surface area (TPSA) is 94.5 Å². The van der Waals surface area contributed by atoms with Gasteiger partial charge in [0.25, 0.3) is 0 Å². The summed E-state index contributed by atoms with van der Waals surface area (Å²) in [4.78, 5) is 12.7. The molecule has 0 fully saturated rings. The van der Waals surface area contributed by atoms with Gasteiger partial charge in [-0.3, -0.25) is 9.20 Å². The van der Waals surface area contributed by atoms with E-state index in [0.29, 0.717) is 28.1 Å². The summed E-state index contributed by atoms with van der Waals surface area (Å²) in [5.74, 6) is 0.140. The fourth-order valence-electron chi connectivity index (χ4n) is 3.48. The lowest BCUT2D eigenvalue weighted by Gasteiger charge is -2.23. The Bertz CT molecular complexity index is 1300. The third-order valence-electron chi connectivity index (χ3n) is 5.23. The summed E-state index contributed by atoms with van der Waals surface area (Å²) in [5.41, 5.74) is 8.15. The summed E-state index contributed by atoms with van der Waals surface area (Å²) in [6, 6.07) is 18.4. The summed E-state index contributed by atoms with van der Waals surface area (Å²) in [7, 11) is 0. The summed E-state index contributed by atoms with van der Waals surface area (Å²) < 4.78 is 7.70. The Balaban J connectivity index is 0.00000342. The zero-order chi connectivity index (χ0) is 24.3. The highest BCUT2D eigenvalue weighted by atomic mass is 35.5. The number of benzene rings is 2. The van der Waals surface area contributed by atoms with Crippen LogP contribution >= 0.6 is 23.2 Å². The molecule has 0 bridgehead atoms. The maximum absolute atomic E-state index is 12.7. The molecule has 4 rings (SSSR count). The SMILES string of the molecule is C.CC(C)(N)C(=O)N[C@H](COCc1ccccc1)c1nnc2c(-c3cccc(Cl)c3)cc(Cl)cn12. The van der Waals surface area contributed by atoms with E-state index in [1.54, 1.807) is 30.5 Å². The Hall–Kier alpha value is -2.97. The van der Waals surface area contributed by atoms with Crippen molar-refractivity contribution in [3.8, 4) is 11.1 Å². The Labute approximate surface area is 215 Å². The summed E-state index contributed by atoms with van der Waals surface area (Å²) in [6.07, 6.45) is 1.71. The molecule has 4 aromatic rings. The number of carbonyl (C=O) groups excluding carboxylic acids is 1. The van der Waals surface area contributed by atoms with Gasteiger partial charge in [-0.05, 0) is 43.2 Å². The van der Waals surface area contributed by atoms with E-state index in [4.69, 9.17) is 33.7 Å². The molecule has 0 saturated carbocycles. The number of fused-ring (bicyclic) bond motifs is 1. The molecule has 0 aliphatic carbocycles. The molecule has 0 aliphatic rings. The van der Waals surface area contributed by atoms with Crippen LogP contribution in [0.3, 0.4) is 0 Å². The number of nitrogens with zero attached hydrogens (tertiary/aromatic N) is 3. The number of hydrogen-bond donors (Lipinski definition) is 2. The van der Waals surface area contributed by atoms with E-state index in [9.17, 15) is 4.79 Å². The molecule has 0 unspecified atom stereocenters. The zero-order valence-electron chi connectivity index (χ0n) is 18.8. The van der Waals surface area contributed by atoms with Crippen molar-refractivity contribution in [2.24, 2.45) is 5.73 Å². The van der Waals surface area contributed by atoms with Crippen LogP contribution in [0.25, 0.3) is 16.8 Å². The quantitative estimate of drug-likeness (QED) is 0.326. The lowest BCUT2D eigenvalue weighted by Crippen LogP contribution is -2.50. The molecule has 2 aromatic heterocycles. The van der Waals surface area contributed by atoms with E-state index in [-0.39, 0.29) is 19.9 Å². The van der Waals surface area contributed by atoms with Gasteiger partial charge in [0.1, 0.15) is 6.04 Å². The van der Waals surface area contributed by atoms with Crippen LogP contribution in [-0.4, -0.2) is 32.7 Å². The molecule has 7 nitrogen and oxygen atoms in total. The minimum absolute atomic E-state index is 0. The molecule has 2 aromatic carbocycles. The second kappa shape index (κ2) is 11.2. The molecule has 3 N–H and O–H groups in total. The maximum atomic E-state index is 12.7. The Morgan fingerprint density at radius 1 is 1.09 bits per heavy atom. The summed E-state index contributed by atoms with van der Waals surface area (Å²) >= 11 is 12.7. The first kappa shape index (κ1) is 26.6. The Morgan fingerprint density at radius 2 is 1.83 bits per heavy atom. The van der Waals surface area contributed by atoms with E-state index in [0.717, 1.165) is 16.7 Å². The second-order valence-corrected chi connectivity index (χ2v) is 9.46. The Kier molecular flexibility index (Phi) is 8.51. The minimum Gasteiger partial charge on any atom is -0.374 e. The first-order valence-electron chi connectivity index (χ1n) is 10.7. The van der Waals surface area contributed by atoms with E-state index in [1.807, 2.05) is 54.6 Å². The molecule has 1 amide bonds. The average molecular weight is 514 g/mol. The number of ether oxygens (including phenoxy) is 1. The number of amides is 1. The molecular formula is C26H29Cl2N5O2. The smallest absolute Gasteiger partial charge is 0.240 e. The highest BCUT2D eigenvalue weighted by molar-refractivity contribution is 6.31. The van der Waals surface area contributed by atoms with Crippen LogP contribution in [0.4, 0.5) is 0 Å². The van der Waals surface area contributed by atoms with Gasteiger partial charge in [-0.1, -0.05) is 73.1 Å². The van der Waals surface area contributed by atoms with Crippen LogP contribution < -0.4 is 11.1 Å². The number of pyridine rings is 1. The molecular weight excluding hydrogens is 485 g/mol. The lowest BCUT2D eigenvalue weighted by atomic mass is 10.1. The lowest BCUT2D eigenvalue weighted by molar-refractivity contribution is -0.126. The monoisotopic (exact) mass is 513 g/mol. The molecule has 0 saturated heterocycles. The fraction of sp³-hybridized carbons (Fsp3) is 0.269. The third kappa shape index (κ3) is 6.38. The number of halogens is 2. The van der Waals surface area contributed by atoms with E-state index >= 15 is 0 Å². The van der Waals surface area contributed by atoms with Crippen molar-refractivity contribution in [2.45, 2.75) is 39.5 Å². The van der Waals surface area contributed by atoms with Gasteiger partial charge in [0.2, 0.25) is 5.91 Å². The van der Waals surface area contributed by atoms with E-state index < -0.39 is 11.6 Å². The average Bonchev–Trinajstić information content (AvgIpc) is 3.21. The highest BCUT2D eigenvalue weighted by Crippen LogP contribution is 2.30. The van der Waals surface area contributed by atoms with Crippen LogP contribution in [0.5, 0.6) is 0 Å². The van der Waals surface area contributed by atoms with Gasteiger partial charge in [0, 0.05) is 16.8 Å². The molecule has 184 valence electrons. The van der Waals surface area contributed by atoms with Gasteiger partial charge < -0.3 is 15.8 Å². The van der Waals surface area contributed by atoms with Gasteiger partial charge in [-0.15, -0.1) is 10.2 Å². The number of nitrogens with one attached hydrogen (secondary N) is 1. The number of carbonyl (C=O) groups is 1. The number of rotatable bonds is 8. The molecule has 0 aliphatic heterocycles. The van der Waals surface area contributed by atoms with Crippen molar-refractivity contribution in [2.75, 3.05) is 6.61 Å². The van der Waals surface area contributed by atoms with Crippen molar-refractivity contribution >= 4 is 34.8 Å². The van der Waals surface area contributed by atoms with Crippen molar-refractivity contribution < 1.29 is 9.53 Å². The van der Waals surface area contributed by atoms with Gasteiger partial charge >= 0.3 is 0 Å². The maximum Gasteiger partial charge on any atom is 0.240 e. The number of nitrogens with two attached hydrogens (primary N) is 1. The predicted molar refractivity (Wildman–Crippen MR) is 140 cm³/mol. The van der Waals surface area contributed by atoms with Gasteiger partial charge in [-0.2, -0.15) is 0 Å². The minimum atomic E-state index is -1.08. The zero-order valence-corrected chi connectivity index (χ0v) is 20.3. The molecule has 2 heterocycles. The second-order valence-electron chi connectivity index (χ2n) is 8.58. The van der Waals surface area contributed by atoms with Gasteiger partial charge in [0.05, 0.1) is 23.8 Å². The van der Waals surface area contributed by atoms with Crippen molar-refractivity contribution in [3.05, 3.63) is 88.3 Å². The van der Waals surface area contributed by atoms with Crippen LogP contribution in [0.1, 0.15) is 38.7 Å². The summed E-state index contributed by atoms with van der Waals surface area (Å²) in [5, 5.41) is 12.8. The first-order valence-corrected chi connectivity index (χ1v) is 11.5. The third-order valence-corrected chi connectivity index (χ3v) is 5.67. The molecule has 35 heavy (non-hydrogen) atoms. The van der Waals surface area contributed by atoms with Gasteiger partial charge in [-0.25, -0.2) is 0 Å². The van der Waals surface area contributed by atoms with Crippen molar-refractivity contribution in [1.82, 2.24) is 19.9 Å². The first-order chi connectivity index (χ1) is 16.2. The van der Waals surface area contributed by atoms with Crippen LogP contribution in [-0.2, 0) is 16.1 Å². The normalized spacial score (nSPS) is 12.3. The highest BCUT2D eigenvalue weighted by Gasteiger charge is 2.28. The van der Waals surface area contributed by atoms with Gasteiger partial charge in [0.15, 0.2) is 11.5 Å². The van der Waals surface area contributed by atoms with Crippen LogP contribution in [0.15, 0.2) is 66.9 Å². The van der Waals surface area contributed by atoms with E-state index in [1.165, 1.54) is 0 Å². The van der Waals surface area contributed by atoms with Crippen molar-refractivity contribution in [1.29, 1.82) is 0 Å². The molecule has 9 heteroatoms. The molecule has 0 radical (unpaired) electrons. The standard InChI is InChI=1S/C25H25Cl2N5O2.CH4/c1-25(2,28)24(33)29-21(15-34-14-16-7-4-3-5-8-16)23-31-30-22-20(12-19(27)13-32(22)23)17-9-6-10-18(26)11-17;/h3-13,21H,14-15,28H2,1-2H3,(H,29,33);1H4/t21-;/m1./s1. The number of aromatic nitrogens is 3. The van der Waals surface area contributed by atoms with E-state index in [2.05, 4.69) is 15.5 Å². The largest absolute Gasteiger partial charge is 0.374 e. The fourth-order valence-corrected chi connectivity index (χ4v) is 3.87. The predicted octanol–water partition coefficient (Wildman–Crippen LogP) is 5.45. The van der Waals surface area contributed by atoms with Crippen LogP contribution in [0, 0.1) is 0 Å². The summed E-state index contributed by atoms with van der Waals surface area (Å²) in [6.45, 7) is 3.82.